The van der Waals surface area contributed by atoms with E-state index in [2.05, 4.69) is 21.3 Å². The van der Waals surface area contributed by atoms with Crippen molar-refractivity contribution in [1.29, 1.82) is 0 Å². The molecule has 0 amide bonds. The van der Waals surface area contributed by atoms with Gasteiger partial charge in [0.05, 0.1) is 17.6 Å². The van der Waals surface area contributed by atoms with Crippen molar-refractivity contribution in [2.75, 3.05) is 0 Å². The van der Waals surface area contributed by atoms with Crippen LogP contribution < -0.4 is 10.5 Å². The van der Waals surface area contributed by atoms with Gasteiger partial charge in [-0.05, 0) is 69.5 Å². The van der Waals surface area contributed by atoms with Crippen molar-refractivity contribution in [1.82, 2.24) is 14.7 Å². The number of aryl methyl sites for hydroxylation is 1. The Morgan fingerprint density at radius 1 is 1.14 bits per heavy atom. The van der Waals surface area contributed by atoms with Crippen LogP contribution in [0.2, 0.25) is 0 Å². The van der Waals surface area contributed by atoms with E-state index in [0.29, 0.717) is 22.5 Å². The molecule has 188 valence electrons. The highest BCUT2D eigenvalue weighted by Crippen LogP contribution is 2.32. The summed E-state index contributed by atoms with van der Waals surface area (Å²) in [6, 6.07) is 4.39. The molecule has 2 heterocycles. The molecule has 0 aromatic carbocycles. The Morgan fingerprint density at radius 3 is 2.50 bits per heavy atom. The molecule has 2 aromatic heterocycles. The summed E-state index contributed by atoms with van der Waals surface area (Å²) in [5.41, 5.74) is 10.6. The fraction of sp³-hybridized carbons (Fsp3) is 0.214. The summed E-state index contributed by atoms with van der Waals surface area (Å²) >= 11 is 0. The number of allylic oxidation sites excluding steroid dienone is 10. The molecular formula is C28H31FN4O2S. The van der Waals surface area contributed by atoms with Gasteiger partial charge in [-0.25, -0.2) is 17.5 Å². The van der Waals surface area contributed by atoms with Gasteiger partial charge in [0.15, 0.2) is 0 Å². The maximum atomic E-state index is 14.1. The first-order chi connectivity index (χ1) is 16.8. The Labute approximate surface area is 212 Å². The van der Waals surface area contributed by atoms with E-state index >= 15 is 0 Å². The second-order valence-corrected chi connectivity index (χ2v) is 11.2. The highest BCUT2D eigenvalue weighted by atomic mass is 32.2. The van der Waals surface area contributed by atoms with Crippen LogP contribution in [0, 0.1) is 12.7 Å². The van der Waals surface area contributed by atoms with Crippen molar-refractivity contribution in [3.8, 4) is 0 Å². The lowest BCUT2D eigenvalue weighted by Crippen LogP contribution is -2.40. The van der Waals surface area contributed by atoms with Crippen molar-refractivity contribution < 1.29 is 12.8 Å². The first-order valence-corrected chi connectivity index (χ1v) is 12.8. The van der Waals surface area contributed by atoms with E-state index in [4.69, 9.17) is 5.73 Å². The van der Waals surface area contributed by atoms with Crippen LogP contribution in [0.25, 0.3) is 11.3 Å². The van der Waals surface area contributed by atoms with Gasteiger partial charge in [0.25, 0.3) is 0 Å². The number of nitrogens with one attached hydrogen (secondary N) is 1. The lowest BCUT2D eigenvalue weighted by Gasteiger charge is -2.20. The highest BCUT2D eigenvalue weighted by Gasteiger charge is 2.23. The number of hydrogen-bond acceptors (Lipinski definition) is 5. The lowest BCUT2D eigenvalue weighted by atomic mass is 9.94. The molecule has 8 heteroatoms. The predicted octanol–water partition coefficient (Wildman–Crippen LogP) is 5.38. The summed E-state index contributed by atoms with van der Waals surface area (Å²) in [7, 11) is -3.77. The van der Waals surface area contributed by atoms with E-state index in [1.54, 1.807) is 33.8 Å². The van der Waals surface area contributed by atoms with E-state index < -0.39 is 21.4 Å². The molecule has 3 rings (SSSR count). The molecule has 0 atom stereocenters. The SMILES string of the molecule is C=C1C=CC=CC=C1/C=C(C)\C(=C(\N)c1cc(F)cnc1C)c1ccc(S(=O)(=O)NC(C)(C)C)cn1. The summed E-state index contributed by atoms with van der Waals surface area (Å²) in [5, 5.41) is 0. The van der Waals surface area contributed by atoms with Crippen LogP contribution in [0.1, 0.15) is 44.6 Å². The molecule has 0 saturated heterocycles. The average Bonchev–Trinajstić information content (AvgIpc) is 2.98. The Balaban J connectivity index is 2.19. The third kappa shape index (κ3) is 6.53. The summed E-state index contributed by atoms with van der Waals surface area (Å²) in [5.74, 6) is -0.516. The number of nitrogens with two attached hydrogens (primary N) is 1. The molecule has 36 heavy (non-hydrogen) atoms. The summed E-state index contributed by atoms with van der Waals surface area (Å²) in [6.07, 6.45) is 13.9. The zero-order valence-electron chi connectivity index (χ0n) is 21.1. The largest absolute Gasteiger partial charge is 0.398 e. The van der Waals surface area contributed by atoms with E-state index in [0.717, 1.165) is 22.9 Å². The average molecular weight is 507 g/mol. The fourth-order valence-corrected chi connectivity index (χ4v) is 5.02. The Bertz CT molecular complexity index is 1440. The van der Waals surface area contributed by atoms with E-state index in [1.165, 1.54) is 18.3 Å². The second-order valence-electron chi connectivity index (χ2n) is 9.53. The zero-order valence-corrected chi connectivity index (χ0v) is 21.9. The molecule has 1 aliphatic carbocycles. The Kier molecular flexibility index (Phi) is 7.91. The van der Waals surface area contributed by atoms with Crippen LogP contribution in [0.5, 0.6) is 0 Å². The molecule has 0 unspecified atom stereocenters. The quantitative estimate of drug-likeness (QED) is 0.513. The van der Waals surface area contributed by atoms with Gasteiger partial charge in [0.2, 0.25) is 10.0 Å². The molecule has 0 aliphatic heterocycles. The third-order valence-corrected chi connectivity index (χ3v) is 7.03. The van der Waals surface area contributed by atoms with Gasteiger partial charge in [-0.2, -0.15) is 0 Å². The monoisotopic (exact) mass is 506 g/mol. The van der Waals surface area contributed by atoms with Gasteiger partial charge in [-0.3, -0.25) is 9.97 Å². The first-order valence-electron chi connectivity index (χ1n) is 11.3. The molecule has 3 N–H and O–H groups in total. The van der Waals surface area contributed by atoms with Crippen LogP contribution in [0.3, 0.4) is 0 Å². The van der Waals surface area contributed by atoms with Gasteiger partial charge in [0.1, 0.15) is 10.7 Å². The number of pyridine rings is 2. The van der Waals surface area contributed by atoms with Crippen molar-refractivity contribution in [2.45, 2.75) is 45.1 Å². The number of hydrogen-bond donors (Lipinski definition) is 2. The van der Waals surface area contributed by atoms with E-state index in [1.807, 2.05) is 43.4 Å². The molecular weight excluding hydrogens is 475 g/mol. The maximum Gasteiger partial charge on any atom is 0.242 e. The van der Waals surface area contributed by atoms with Gasteiger partial charge in [-0.15, -0.1) is 0 Å². The number of rotatable bonds is 6. The van der Waals surface area contributed by atoms with Crippen molar-refractivity contribution in [2.24, 2.45) is 5.73 Å². The highest BCUT2D eigenvalue weighted by molar-refractivity contribution is 7.89. The van der Waals surface area contributed by atoms with Gasteiger partial charge < -0.3 is 5.73 Å². The summed E-state index contributed by atoms with van der Waals surface area (Å²) in [6.45, 7) is 13.0. The summed E-state index contributed by atoms with van der Waals surface area (Å²) < 4.78 is 42.2. The lowest BCUT2D eigenvalue weighted by molar-refractivity contribution is 0.491. The van der Waals surface area contributed by atoms with E-state index in [-0.39, 0.29) is 10.6 Å². The number of nitrogens with zero attached hydrogens (tertiary/aromatic N) is 2. The van der Waals surface area contributed by atoms with Crippen LogP contribution in [0.4, 0.5) is 4.39 Å². The Morgan fingerprint density at radius 2 is 1.86 bits per heavy atom. The molecule has 0 bridgehead atoms. The minimum atomic E-state index is -3.77. The third-order valence-electron chi connectivity index (χ3n) is 5.29. The normalized spacial score (nSPS) is 15.4. The number of sulfonamides is 1. The molecule has 0 fully saturated rings. The number of aromatic nitrogens is 2. The molecule has 0 saturated carbocycles. The van der Waals surface area contributed by atoms with Crippen LogP contribution in [-0.4, -0.2) is 23.9 Å². The smallest absolute Gasteiger partial charge is 0.242 e. The summed E-state index contributed by atoms with van der Waals surface area (Å²) in [4.78, 5) is 8.57. The van der Waals surface area contributed by atoms with Crippen molar-refractivity contribution >= 4 is 21.3 Å². The van der Waals surface area contributed by atoms with Crippen molar-refractivity contribution in [3.63, 3.8) is 0 Å². The Hall–Kier alpha value is -3.62. The molecule has 1 aliphatic rings. The second kappa shape index (κ2) is 10.6. The minimum absolute atomic E-state index is 0.0273. The molecule has 2 aromatic rings. The molecule has 0 radical (unpaired) electrons. The zero-order chi connectivity index (χ0) is 26.7. The van der Waals surface area contributed by atoms with E-state index in [9.17, 15) is 12.8 Å². The molecule has 0 spiro atoms. The maximum absolute atomic E-state index is 14.1. The van der Waals surface area contributed by atoms with Crippen LogP contribution in [-0.2, 0) is 10.0 Å². The van der Waals surface area contributed by atoms with Gasteiger partial charge >= 0.3 is 0 Å². The molecule has 6 nitrogen and oxygen atoms in total. The topological polar surface area (TPSA) is 98.0 Å². The fourth-order valence-electron chi connectivity index (χ4n) is 3.66. The standard InChI is InChI=1S/C28H31FN4O2S/c1-18-10-8-7-9-11-21(18)14-19(2)26(27(30)24-15-22(29)16-31-20(24)3)25-13-12-23(17-32-25)36(34,35)33-28(4,5)6/h7-17,33H,1,30H2,2-6H3/b19-14-,27-26-. The van der Waals surface area contributed by atoms with Crippen molar-refractivity contribution in [3.05, 3.63) is 113 Å². The van der Waals surface area contributed by atoms with Crippen LogP contribution >= 0.6 is 0 Å². The minimum Gasteiger partial charge on any atom is -0.398 e. The van der Waals surface area contributed by atoms with Crippen LogP contribution in [0.15, 0.2) is 95.2 Å². The van der Waals surface area contributed by atoms with Gasteiger partial charge in [-0.1, -0.05) is 43.0 Å². The first kappa shape index (κ1) is 27.0. The van der Waals surface area contributed by atoms with Gasteiger partial charge in [0, 0.05) is 28.6 Å². The predicted molar refractivity (Wildman–Crippen MR) is 144 cm³/mol. The number of halogens is 1.